The van der Waals surface area contributed by atoms with Crippen molar-refractivity contribution in [3.63, 3.8) is 0 Å². The van der Waals surface area contributed by atoms with Crippen LogP contribution in [-0.4, -0.2) is 36.1 Å². The second-order valence-electron chi connectivity index (χ2n) is 4.09. The van der Waals surface area contributed by atoms with Crippen LogP contribution < -0.4 is 61.6 Å². The molecule has 0 aliphatic carbocycles. The summed E-state index contributed by atoms with van der Waals surface area (Å²) in [5, 5.41) is 5.84. The normalized spacial score (nSPS) is 7.84. The zero-order valence-electron chi connectivity index (χ0n) is 17.1. The van der Waals surface area contributed by atoms with Crippen LogP contribution in [0.15, 0.2) is 35.4 Å². The molecule has 0 bridgehead atoms. The van der Waals surface area contributed by atoms with Crippen molar-refractivity contribution in [2.24, 2.45) is 5.11 Å². The van der Waals surface area contributed by atoms with Crippen LogP contribution in [0.25, 0.3) is 5.53 Å². The molecule has 0 fully saturated rings. The molecule has 2 aromatic rings. The second kappa shape index (κ2) is 19.4. The maximum Gasteiger partial charge on any atom is 1.00 e. The van der Waals surface area contributed by atoms with E-state index in [1.54, 1.807) is 19.2 Å². The molecule has 0 unspecified atom stereocenters. The Labute approximate surface area is 195 Å². The van der Waals surface area contributed by atoms with Gasteiger partial charge in [-0.1, -0.05) is 45.9 Å². The minimum Gasteiger partial charge on any atom is -0.706 e. The number of aryl methyl sites for hydroxylation is 1. The molecule has 0 spiro atoms. The van der Waals surface area contributed by atoms with Crippen molar-refractivity contribution in [1.82, 2.24) is 15.0 Å². The molecule has 0 aliphatic heterocycles. The van der Waals surface area contributed by atoms with Gasteiger partial charge in [0.25, 0.3) is 0 Å². The Kier molecular flexibility index (Phi) is 22.4. The molecule has 0 amide bonds. The summed E-state index contributed by atoms with van der Waals surface area (Å²) in [6.07, 6.45) is 0. The molecular weight excluding hydrogens is 341 g/mol. The van der Waals surface area contributed by atoms with Crippen molar-refractivity contribution in [3.8, 4) is 0 Å². The van der Waals surface area contributed by atoms with Gasteiger partial charge in [0.1, 0.15) is 5.82 Å². The van der Waals surface area contributed by atoms with Gasteiger partial charge in [-0.25, -0.2) is 0 Å². The summed E-state index contributed by atoms with van der Waals surface area (Å²) in [6.45, 7) is 9.84. The van der Waals surface area contributed by atoms with Crippen molar-refractivity contribution in [3.05, 3.63) is 41.7 Å². The van der Waals surface area contributed by atoms with Crippen LogP contribution in [0, 0.1) is 6.92 Å². The third-order valence-electron chi connectivity index (χ3n) is 2.23. The molecule has 0 saturated carbocycles. The Balaban J connectivity index is -0.000000326. The molecule has 1 aromatic heterocycles. The first-order chi connectivity index (χ1) is 11.6. The van der Waals surface area contributed by atoms with E-state index in [1.807, 2.05) is 71.8 Å². The Bertz CT molecular complexity index is 548. The number of hydrogen-bond donors (Lipinski definition) is 1. The van der Waals surface area contributed by atoms with Gasteiger partial charge < -0.3 is 20.9 Å². The maximum absolute atomic E-state index is 8.16. The number of nitrogens with one attached hydrogen (secondary N) is 1. The summed E-state index contributed by atoms with van der Waals surface area (Å²) < 4.78 is 0. The molecule has 134 valence electrons. The number of rotatable bonds is 3. The van der Waals surface area contributed by atoms with Gasteiger partial charge in [-0.3, -0.25) is 0 Å². The first kappa shape index (κ1) is 28.9. The molecule has 0 atom stereocenters. The van der Waals surface area contributed by atoms with Gasteiger partial charge in [-0.15, -0.1) is 0 Å². The molecule has 0 aliphatic rings. The van der Waals surface area contributed by atoms with Crippen molar-refractivity contribution < 1.29 is 51.4 Å². The number of hydrogen-bond acceptors (Lipinski definition) is 6. The van der Waals surface area contributed by atoms with Gasteiger partial charge in [-0.2, -0.15) is 15.0 Å². The van der Waals surface area contributed by atoms with Crippen LogP contribution >= 0.6 is 0 Å². The average Bonchev–Trinajstić information content (AvgIpc) is 2.65. The van der Waals surface area contributed by atoms with E-state index >= 15 is 0 Å². The topological polar surface area (TPSA) is 88.6 Å². The van der Waals surface area contributed by atoms with E-state index in [2.05, 4.69) is 25.4 Å². The zero-order valence-corrected chi connectivity index (χ0v) is 20.2. The zero-order chi connectivity index (χ0) is 19.0. The Hall–Kier alpha value is -0.934. The van der Waals surface area contributed by atoms with E-state index in [1.165, 1.54) is 0 Å². The van der Waals surface area contributed by atoms with E-state index in [4.69, 9.17) is 5.53 Å². The van der Waals surface area contributed by atoms with E-state index in [9.17, 15) is 0 Å². The maximum atomic E-state index is 8.16. The minimum atomic E-state index is 0. The Morgan fingerprint density at radius 2 is 1.48 bits per heavy atom. The van der Waals surface area contributed by atoms with Crippen molar-refractivity contribution in [2.45, 2.75) is 34.6 Å². The quantitative estimate of drug-likeness (QED) is 0.655. The van der Waals surface area contributed by atoms with Gasteiger partial charge >= 0.3 is 51.4 Å². The molecule has 7 nitrogen and oxygen atoms in total. The third kappa shape index (κ3) is 14.0. The van der Waals surface area contributed by atoms with Crippen molar-refractivity contribution in [1.29, 1.82) is 0 Å². The van der Waals surface area contributed by atoms with E-state index in [0.717, 1.165) is 5.82 Å². The molecule has 25 heavy (non-hydrogen) atoms. The van der Waals surface area contributed by atoms with Crippen molar-refractivity contribution in [2.75, 3.05) is 31.4 Å². The van der Waals surface area contributed by atoms with Crippen molar-refractivity contribution >= 4 is 17.6 Å². The number of nitrogens with zero attached hydrogens (tertiary/aromatic N) is 6. The standard InChI is InChI=1S/C7H13N5.C6H5N2.2C2H6.K/c1-5-9-6(8-2)11-7(10-5)12(3)4;7-8-6-4-2-1-3-5-6;2*1-2;/h1-4H3,(H,8,9,10,11);1-5H;2*1-2H3;/q;-1;;;+1. The average molecular weight is 372 g/mol. The number of benzene rings is 1. The van der Waals surface area contributed by atoms with E-state index in [0.29, 0.717) is 17.6 Å². The van der Waals surface area contributed by atoms with Gasteiger partial charge in [0, 0.05) is 26.8 Å². The van der Waals surface area contributed by atoms with E-state index in [-0.39, 0.29) is 51.4 Å². The molecule has 8 heteroatoms. The SMILES string of the molecule is CC.CC.CNc1nc(C)nc(N(C)C)n1.[K+].[N-]=Nc1ccccc1. The first-order valence-corrected chi connectivity index (χ1v) is 8.04. The number of anilines is 2. The molecule has 0 radical (unpaired) electrons. The Morgan fingerprint density at radius 1 is 0.960 bits per heavy atom. The second-order valence-corrected chi connectivity index (χ2v) is 4.09. The van der Waals surface area contributed by atoms with Gasteiger partial charge in [0.05, 0.1) is 0 Å². The van der Waals surface area contributed by atoms with Gasteiger partial charge in [0.15, 0.2) is 0 Å². The molecule has 1 aromatic carbocycles. The fourth-order valence-electron chi connectivity index (χ4n) is 1.27. The predicted molar refractivity (Wildman–Crippen MR) is 103 cm³/mol. The Morgan fingerprint density at radius 3 is 1.84 bits per heavy atom. The molecule has 1 N–H and O–H groups in total. The largest absolute Gasteiger partial charge is 1.00 e. The van der Waals surface area contributed by atoms with Crippen LogP contribution in [0.4, 0.5) is 17.6 Å². The molecule has 0 saturated heterocycles. The molecule has 1 heterocycles. The summed E-state index contributed by atoms with van der Waals surface area (Å²) in [4.78, 5) is 14.2. The van der Waals surface area contributed by atoms with E-state index < -0.39 is 0 Å². The summed E-state index contributed by atoms with van der Waals surface area (Å²) in [5.41, 5.74) is 8.75. The summed E-state index contributed by atoms with van der Waals surface area (Å²) in [7, 11) is 5.58. The number of aromatic nitrogens is 3. The smallest absolute Gasteiger partial charge is 0.706 e. The summed E-state index contributed by atoms with van der Waals surface area (Å²) >= 11 is 0. The van der Waals surface area contributed by atoms with Crippen LogP contribution in [0.2, 0.25) is 0 Å². The van der Waals surface area contributed by atoms with Crippen LogP contribution in [0.5, 0.6) is 0 Å². The minimum absolute atomic E-state index is 0. The first-order valence-electron chi connectivity index (χ1n) is 8.04. The molecular formula is C17H30KN7. The van der Waals surface area contributed by atoms with Gasteiger partial charge in [-0.05, 0) is 19.1 Å². The van der Waals surface area contributed by atoms with Gasteiger partial charge in [0.2, 0.25) is 11.9 Å². The van der Waals surface area contributed by atoms with Crippen LogP contribution in [-0.2, 0) is 0 Å². The third-order valence-corrected chi connectivity index (χ3v) is 2.23. The fraction of sp³-hybridized carbons (Fsp3) is 0.471. The predicted octanol–water partition coefficient (Wildman–Crippen LogP) is 1.68. The van der Waals surface area contributed by atoms with Crippen LogP contribution in [0.3, 0.4) is 0 Å². The van der Waals surface area contributed by atoms with Crippen LogP contribution in [0.1, 0.15) is 33.5 Å². The summed E-state index contributed by atoms with van der Waals surface area (Å²) in [5.74, 6) is 2.00. The summed E-state index contributed by atoms with van der Waals surface area (Å²) in [6, 6.07) is 8.94. The monoisotopic (exact) mass is 371 g/mol. The molecule has 2 rings (SSSR count). The fourth-order valence-corrected chi connectivity index (χ4v) is 1.27.